The molecule has 1 aromatic heterocycles. The van der Waals surface area contributed by atoms with Crippen molar-refractivity contribution in [1.29, 1.82) is 0 Å². The van der Waals surface area contributed by atoms with Crippen molar-refractivity contribution in [3.8, 4) is 0 Å². The molecule has 25 heavy (non-hydrogen) atoms. The lowest BCUT2D eigenvalue weighted by Crippen LogP contribution is -2.47. The molecule has 0 bridgehead atoms. The van der Waals surface area contributed by atoms with Crippen LogP contribution >= 0.6 is 11.3 Å². The van der Waals surface area contributed by atoms with E-state index in [0.717, 1.165) is 42.5 Å². The lowest BCUT2D eigenvalue weighted by Gasteiger charge is -2.38. The molecule has 6 heteroatoms. The zero-order chi connectivity index (χ0) is 18.1. The first-order valence-corrected chi connectivity index (χ1v) is 10.1. The van der Waals surface area contributed by atoms with Gasteiger partial charge in [0.1, 0.15) is 5.00 Å². The predicted molar refractivity (Wildman–Crippen MR) is 101 cm³/mol. The zero-order valence-corrected chi connectivity index (χ0v) is 16.1. The molecule has 2 N–H and O–H groups in total. The number of carbonyl (C=O) groups is 2. The maximum atomic E-state index is 12.6. The third kappa shape index (κ3) is 3.90. The lowest BCUT2D eigenvalue weighted by molar-refractivity contribution is -0.118. The second kappa shape index (κ2) is 7.46. The van der Waals surface area contributed by atoms with E-state index in [2.05, 4.69) is 31.0 Å². The number of carbonyl (C=O) groups excluding carboxylic acids is 1. The Kier molecular flexibility index (Phi) is 5.49. The number of piperidine rings is 1. The molecule has 1 amide bonds. The van der Waals surface area contributed by atoms with E-state index in [1.54, 1.807) is 0 Å². The fourth-order valence-corrected chi connectivity index (χ4v) is 5.60. The molecule has 3 atom stereocenters. The Labute approximate surface area is 153 Å². The number of aromatic carboxylic acids is 1. The van der Waals surface area contributed by atoms with Crippen molar-refractivity contribution < 1.29 is 14.7 Å². The van der Waals surface area contributed by atoms with Gasteiger partial charge < -0.3 is 10.4 Å². The van der Waals surface area contributed by atoms with Crippen LogP contribution in [0.2, 0.25) is 0 Å². The van der Waals surface area contributed by atoms with Gasteiger partial charge in [-0.2, -0.15) is 0 Å². The summed E-state index contributed by atoms with van der Waals surface area (Å²) in [4.78, 5) is 27.7. The molecular formula is C19H28N2O3S. The highest BCUT2D eigenvalue weighted by molar-refractivity contribution is 7.17. The van der Waals surface area contributed by atoms with Crippen molar-refractivity contribution in [1.82, 2.24) is 4.90 Å². The minimum absolute atomic E-state index is 0.102. The van der Waals surface area contributed by atoms with Crippen molar-refractivity contribution in [3.63, 3.8) is 0 Å². The van der Waals surface area contributed by atoms with Crippen LogP contribution in [0.25, 0.3) is 0 Å². The number of carboxylic acid groups (broad SMARTS) is 1. The summed E-state index contributed by atoms with van der Waals surface area (Å²) in [5.74, 6) is -0.455. The van der Waals surface area contributed by atoms with Gasteiger partial charge in [-0.25, -0.2) is 4.79 Å². The molecule has 5 nitrogen and oxygen atoms in total. The maximum Gasteiger partial charge on any atom is 0.339 e. The van der Waals surface area contributed by atoms with Crippen LogP contribution in [-0.2, 0) is 17.6 Å². The van der Waals surface area contributed by atoms with E-state index in [4.69, 9.17) is 0 Å². The van der Waals surface area contributed by atoms with Crippen LogP contribution in [0.3, 0.4) is 0 Å². The van der Waals surface area contributed by atoms with Gasteiger partial charge in [0, 0.05) is 17.0 Å². The van der Waals surface area contributed by atoms with E-state index < -0.39 is 5.97 Å². The number of fused-ring (bicyclic) bond motifs is 1. The van der Waals surface area contributed by atoms with Gasteiger partial charge in [0.25, 0.3) is 0 Å². The molecule has 1 fully saturated rings. The second-order valence-electron chi connectivity index (χ2n) is 7.71. The third-order valence-corrected chi connectivity index (χ3v) is 6.85. The Morgan fingerprint density at radius 1 is 1.20 bits per heavy atom. The first-order chi connectivity index (χ1) is 11.9. The number of thiophene rings is 1. The summed E-state index contributed by atoms with van der Waals surface area (Å²) in [7, 11) is 0. The normalized spacial score (nSPS) is 26.9. The first kappa shape index (κ1) is 18.4. The molecule has 0 saturated carbocycles. The quantitative estimate of drug-likeness (QED) is 0.853. The minimum Gasteiger partial charge on any atom is -0.478 e. The summed E-state index contributed by atoms with van der Waals surface area (Å²) in [6, 6.07) is 0.789. The van der Waals surface area contributed by atoms with Gasteiger partial charge in [-0.1, -0.05) is 13.3 Å². The van der Waals surface area contributed by atoms with Crippen LogP contribution < -0.4 is 5.32 Å². The average Bonchev–Trinajstić information content (AvgIpc) is 2.88. The van der Waals surface area contributed by atoms with Crippen LogP contribution in [0.15, 0.2) is 0 Å². The Morgan fingerprint density at radius 2 is 1.88 bits per heavy atom. The van der Waals surface area contributed by atoms with Crippen molar-refractivity contribution >= 4 is 28.2 Å². The zero-order valence-electron chi connectivity index (χ0n) is 15.3. The van der Waals surface area contributed by atoms with E-state index in [1.165, 1.54) is 17.8 Å². The molecule has 3 unspecified atom stereocenters. The molecule has 2 heterocycles. The van der Waals surface area contributed by atoms with Gasteiger partial charge >= 0.3 is 5.97 Å². The molecule has 0 aromatic carbocycles. The molecule has 1 aliphatic heterocycles. The molecule has 0 spiro atoms. The SMILES string of the molecule is CC1CCc2c(sc(NC(=O)CN3C(C)CCCC3C)c2C(=O)O)C1. The molecule has 1 aliphatic carbocycles. The fraction of sp³-hybridized carbons (Fsp3) is 0.684. The van der Waals surface area contributed by atoms with E-state index in [-0.39, 0.29) is 5.91 Å². The molecule has 2 aliphatic rings. The molecular weight excluding hydrogens is 336 g/mol. The Balaban J connectivity index is 1.76. The van der Waals surface area contributed by atoms with Gasteiger partial charge in [0.15, 0.2) is 0 Å². The van der Waals surface area contributed by atoms with Gasteiger partial charge in [-0.15, -0.1) is 11.3 Å². The van der Waals surface area contributed by atoms with Crippen LogP contribution in [0, 0.1) is 5.92 Å². The maximum absolute atomic E-state index is 12.6. The van der Waals surface area contributed by atoms with Crippen LogP contribution in [0.4, 0.5) is 5.00 Å². The lowest BCUT2D eigenvalue weighted by atomic mass is 9.88. The highest BCUT2D eigenvalue weighted by Crippen LogP contribution is 2.39. The summed E-state index contributed by atoms with van der Waals surface area (Å²) in [6.07, 6.45) is 6.16. The molecule has 1 aromatic rings. The van der Waals surface area contributed by atoms with Gasteiger partial charge in [-0.3, -0.25) is 9.69 Å². The summed E-state index contributed by atoms with van der Waals surface area (Å²) in [5, 5.41) is 13.1. The van der Waals surface area contributed by atoms with Crippen molar-refractivity contribution in [2.24, 2.45) is 5.92 Å². The number of anilines is 1. The second-order valence-corrected chi connectivity index (χ2v) is 8.82. The Bertz CT molecular complexity index is 660. The van der Waals surface area contributed by atoms with Crippen LogP contribution in [-0.4, -0.2) is 40.5 Å². The topological polar surface area (TPSA) is 69.6 Å². The summed E-state index contributed by atoms with van der Waals surface area (Å²) >= 11 is 1.45. The highest BCUT2D eigenvalue weighted by atomic mass is 32.1. The van der Waals surface area contributed by atoms with Crippen molar-refractivity contribution in [3.05, 3.63) is 16.0 Å². The van der Waals surface area contributed by atoms with Gasteiger partial charge in [0.2, 0.25) is 5.91 Å². The van der Waals surface area contributed by atoms with E-state index >= 15 is 0 Å². The standard InChI is InChI=1S/C19H28N2O3S/c1-11-7-8-14-15(9-11)25-18(17(14)19(23)24)20-16(22)10-21-12(2)5-4-6-13(21)3/h11-13H,4-10H2,1-3H3,(H,20,22)(H,23,24). The first-order valence-electron chi connectivity index (χ1n) is 9.30. The average molecular weight is 365 g/mol. The molecule has 3 rings (SSSR count). The summed E-state index contributed by atoms with van der Waals surface area (Å²) < 4.78 is 0. The number of rotatable bonds is 4. The number of amides is 1. The highest BCUT2D eigenvalue weighted by Gasteiger charge is 2.30. The van der Waals surface area contributed by atoms with Crippen LogP contribution in [0.1, 0.15) is 67.3 Å². The number of hydrogen-bond acceptors (Lipinski definition) is 4. The predicted octanol–water partition coefficient (Wildman–Crippen LogP) is 3.77. The number of nitrogens with one attached hydrogen (secondary N) is 1. The fourth-order valence-electron chi connectivity index (χ4n) is 4.18. The number of likely N-dealkylation sites (tertiary alicyclic amines) is 1. The minimum atomic E-state index is -0.929. The number of nitrogens with zero attached hydrogens (tertiary/aromatic N) is 1. The number of carboxylic acids is 1. The Morgan fingerprint density at radius 3 is 2.52 bits per heavy atom. The van der Waals surface area contributed by atoms with Crippen molar-refractivity contribution in [2.75, 3.05) is 11.9 Å². The van der Waals surface area contributed by atoms with E-state index in [0.29, 0.717) is 35.1 Å². The summed E-state index contributed by atoms with van der Waals surface area (Å²) in [6.45, 7) is 6.86. The van der Waals surface area contributed by atoms with E-state index in [9.17, 15) is 14.7 Å². The van der Waals surface area contributed by atoms with Gasteiger partial charge in [0.05, 0.1) is 12.1 Å². The van der Waals surface area contributed by atoms with Gasteiger partial charge in [-0.05, 0) is 57.4 Å². The van der Waals surface area contributed by atoms with Crippen LogP contribution in [0.5, 0.6) is 0 Å². The molecule has 1 saturated heterocycles. The monoisotopic (exact) mass is 364 g/mol. The Hall–Kier alpha value is -1.40. The largest absolute Gasteiger partial charge is 0.478 e. The van der Waals surface area contributed by atoms with Crippen molar-refractivity contribution in [2.45, 2.75) is 71.4 Å². The summed E-state index contributed by atoms with van der Waals surface area (Å²) in [5.41, 5.74) is 1.26. The van der Waals surface area contributed by atoms with E-state index in [1.807, 2.05) is 0 Å². The molecule has 138 valence electrons. The third-order valence-electron chi connectivity index (χ3n) is 5.68. The molecule has 0 radical (unpaired) electrons. The smallest absolute Gasteiger partial charge is 0.339 e. The number of hydrogen-bond donors (Lipinski definition) is 2.